The molecule has 1 atom stereocenters. The summed E-state index contributed by atoms with van der Waals surface area (Å²) in [6.07, 6.45) is 4.59. The van der Waals surface area contributed by atoms with E-state index in [4.69, 9.17) is 0 Å². The Kier molecular flexibility index (Phi) is 6.93. The molecule has 0 saturated heterocycles. The summed E-state index contributed by atoms with van der Waals surface area (Å²) in [5, 5.41) is 0.723. The highest BCUT2D eigenvalue weighted by molar-refractivity contribution is 7.89. The first-order chi connectivity index (χ1) is 17.5. The molecule has 0 bridgehead atoms. The Morgan fingerprint density at radius 2 is 1.64 bits per heavy atom. The van der Waals surface area contributed by atoms with Crippen molar-refractivity contribution in [3.63, 3.8) is 0 Å². The van der Waals surface area contributed by atoms with Gasteiger partial charge in [-0.2, -0.15) is 4.72 Å². The van der Waals surface area contributed by atoms with Crippen LogP contribution in [0.15, 0.2) is 108 Å². The lowest BCUT2D eigenvalue weighted by molar-refractivity contribution is -0.132. The summed E-state index contributed by atoms with van der Waals surface area (Å²) in [6, 6.07) is 27.2. The highest BCUT2D eigenvalue weighted by Gasteiger charge is 2.31. The Balaban J connectivity index is 1.42. The van der Waals surface area contributed by atoms with Gasteiger partial charge in [-0.1, -0.05) is 84.9 Å². The lowest BCUT2D eigenvalue weighted by Crippen LogP contribution is -2.50. The molecular formula is C29H27N3O3S. The van der Waals surface area contributed by atoms with Gasteiger partial charge in [0, 0.05) is 24.7 Å². The molecule has 1 aliphatic heterocycles. The summed E-state index contributed by atoms with van der Waals surface area (Å²) in [6.45, 7) is 0.967. The SMILES string of the molecule is O=C([C@@H](Cc1ccccc1)NS(=O)(=O)c1cccc2cccnc12)N1CC=C(c2ccccc2)CC1. The topological polar surface area (TPSA) is 79.4 Å². The second-order valence-electron chi connectivity index (χ2n) is 8.82. The molecule has 0 radical (unpaired) electrons. The normalized spacial score (nSPS) is 14.9. The van der Waals surface area contributed by atoms with E-state index in [-0.39, 0.29) is 17.2 Å². The predicted molar refractivity (Wildman–Crippen MR) is 142 cm³/mol. The quantitative estimate of drug-likeness (QED) is 0.409. The standard InChI is InChI=1S/C29H27N3O3S/c33-29(32-19-16-24(17-20-32)23-11-5-2-6-12-23)26(21-22-9-3-1-4-10-22)31-36(34,35)27-15-7-13-25-14-8-18-30-28(25)27/h1-16,18,26,31H,17,19-21H2/t26-/m1/s1. The number of aromatic nitrogens is 1. The number of nitrogens with one attached hydrogen (secondary N) is 1. The molecule has 0 spiro atoms. The Labute approximate surface area is 211 Å². The van der Waals surface area contributed by atoms with E-state index in [1.54, 1.807) is 23.2 Å². The van der Waals surface area contributed by atoms with Gasteiger partial charge in [0.05, 0.1) is 5.52 Å². The van der Waals surface area contributed by atoms with Crippen LogP contribution in [-0.4, -0.2) is 43.3 Å². The maximum atomic E-state index is 13.7. The molecule has 1 amide bonds. The van der Waals surface area contributed by atoms with E-state index in [9.17, 15) is 13.2 Å². The van der Waals surface area contributed by atoms with Gasteiger partial charge in [0.15, 0.2) is 0 Å². The number of sulfonamides is 1. The summed E-state index contributed by atoms with van der Waals surface area (Å²) < 4.78 is 29.8. The summed E-state index contributed by atoms with van der Waals surface area (Å²) in [5.41, 5.74) is 3.61. The van der Waals surface area contributed by atoms with Gasteiger partial charge < -0.3 is 4.90 Å². The Hall–Kier alpha value is -3.81. The molecule has 0 unspecified atom stereocenters. The van der Waals surface area contributed by atoms with Gasteiger partial charge in [0.2, 0.25) is 15.9 Å². The predicted octanol–water partition coefficient (Wildman–Crippen LogP) is 4.44. The lowest BCUT2D eigenvalue weighted by atomic mass is 9.98. The summed E-state index contributed by atoms with van der Waals surface area (Å²) >= 11 is 0. The molecule has 0 aliphatic carbocycles. The average molecular weight is 498 g/mol. The van der Waals surface area contributed by atoms with Crippen LogP contribution in [0.25, 0.3) is 16.5 Å². The van der Waals surface area contributed by atoms with Crippen molar-refractivity contribution in [3.8, 4) is 0 Å². The van der Waals surface area contributed by atoms with Gasteiger partial charge in [-0.25, -0.2) is 8.42 Å². The minimum atomic E-state index is -4.02. The molecule has 2 heterocycles. The molecule has 0 fully saturated rings. The number of carbonyl (C=O) groups excluding carboxylic acids is 1. The third-order valence-corrected chi connectivity index (χ3v) is 7.93. The van der Waals surface area contributed by atoms with Gasteiger partial charge in [0.1, 0.15) is 10.9 Å². The van der Waals surface area contributed by atoms with Crippen molar-refractivity contribution in [2.24, 2.45) is 0 Å². The molecule has 0 saturated carbocycles. The number of pyridine rings is 1. The van der Waals surface area contributed by atoms with E-state index in [1.807, 2.05) is 60.7 Å². The summed E-state index contributed by atoms with van der Waals surface area (Å²) in [4.78, 5) is 19.8. The molecule has 36 heavy (non-hydrogen) atoms. The van der Waals surface area contributed by atoms with Gasteiger partial charge >= 0.3 is 0 Å². The van der Waals surface area contributed by atoms with E-state index < -0.39 is 16.1 Å². The van der Waals surface area contributed by atoms with Crippen molar-refractivity contribution in [3.05, 3.63) is 114 Å². The summed E-state index contributed by atoms with van der Waals surface area (Å²) in [5.74, 6) is -0.237. The molecule has 1 aliphatic rings. The largest absolute Gasteiger partial charge is 0.337 e. The zero-order valence-electron chi connectivity index (χ0n) is 19.7. The molecule has 182 valence electrons. The third kappa shape index (κ3) is 5.22. The number of benzene rings is 3. The number of hydrogen-bond donors (Lipinski definition) is 1. The van der Waals surface area contributed by atoms with E-state index in [2.05, 4.69) is 27.9 Å². The Morgan fingerprint density at radius 1 is 0.917 bits per heavy atom. The highest BCUT2D eigenvalue weighted by Crippen LogP contribution is 2.24. The minimum absolute atomic E-state index is 0.0661. The molecule has 7 heteroatoms. The van der Waals surface area contributed by atoms with Gasteiger partial charge in [-0.05, 0) is 41.7 Å². The van der Waals surface area contributed by atoms with Crippen molar-refractivity contribution in [1.82, 2.24) is 14.6 Å². The molecule has 1 aromatic heterocycles. The molecule has 5 rings (SSSR count). The van der Waals surface area contributed by atoms with Crippen molar-refractivity contribution >= 4 is 32.4 Å². The number of hydrogen-bond acceptors (Lipinski definition) is 4. The number of nitrogens with zero attached hydrogens (tertiary/aromatic N) is 2. The van der Waals surface area contributed by atoms with Gasteiger partial charge in [0.25, 0.3) is 0 Å². The first kappa shape index (κ1) is 23.9. The van der Waals surface area contributed by atoms with Crippen LogP contribution < -0.4 is 4.72 Å². The monoisotopic (exact) mass is 497 g/mol. The van der Waals surface area contributed by atoms with Crippen LogP contribution in [0.3, 0.4) is 0 Å². The minimum Gasteiger partial charge on any atom is -0.337 e. The van der Waals surface area contributed by atoms with E-state index in [0.29, 0.717) is 25.0 Å². The van der Waals surface area contributed by atoms with E-state index in [0.717, 1.165) is 16.5 Å². The number of carbonyl (C=O) groups is 1. The number of amides is 1. The molecule has 1 N–H and O–H groups in total. The Morgan fingerprint density at radius 3 is 2.36 bits per heavy atom. The number of para-hydroxylation sites is 1. The van der Waals surface area contributed by atoms with E-state index in [1.165, 1.54) is 11.6 Å². The van der Waals surface area contributed by atoms with Gasteiger partial charge in [-0.3, -0.25) is 9.78 Å². The van der Waals surface area contributed by atoms with Crippen LogP contribution in [0.4, 0.5) is 0 Å². The highest BCUT2D eigenvalue weighted by atomic mass is 32.2. The zero-order valence-corrected chi connectivity index (χ0v) is 20.6. The number of fused-ring (bicyclic) bond motifs is 1. The fourth-order valence-corrected chi connectivity index (χ4v) is 5.95. The molecule has 4 aromatic rings. The summed E-state index contributed by atoms with van der Waals surface area (Å²) in [7, 11) is -4.02. The third-order valence-electron chi connectivity index (χ3n) is 6.43. The van der Waals surface area contributed by atoms with Crippen LogP contribution >= 0.6 is 0 Å². The molecule has 3 aromatic carbocycles. The van der Waals surface area contributed by atoms with Crippen molar-refractivity contribution < 1.29 is 13.2 Å². The van der Waals surface area contributed by atoms with Crippen LogP contribution in [0.1, 0.15) is 17.5 Å². The number of rotatable bonds is 7. The van der Waals surface area contributed by atoms with Crippen LogP contribution in [0.5, 0.6) is 0 Å². The molecular weight excluding hydrogens is 470 g/mol. The van der Waals surface area contributed by atoms with Crippen molar-refractivity contribution in [1.29, 1.82) is 0 Å². The average Bonchev–Trinajstić information content (AvgIpc) is 2.93. The fraction of sp³-hybridized carbons (Fsp3) is 0.172. The van der Waals surface area contributed by atoms with Crippen molar-refractivity contribution in [2.45, 2.75) is 23.8 Å². The smallest absolute Gasteiger partial charge is 0.243 e. The van der Waals surface area contributed by atoms with Crippen LogP contribution in [0.2, 0.25) is 0 Å². The maximum absolute atomic E-state index is 13.7. The fourth-order valence-electron chi connectivity index (χ4n) is 4.58. The first-order valence-corrected chi connectivity index (χ1v) is 13.4. The second-order valence-corrected chi connectivity index (χ2v) is 10.5. The Bertz CT molecular complexity index is 1500. The molecule has 6 nitrogen and oxygen atoms in total. The van der Waals surface area contributed by atoms with E-state index >= 15 is 0 Å². The van der Waals surface area contributed by atoms with Crippen LogP contribution in [0, 0.1) is 0 Å². The van der Waals surface area contributed by atoms with Gasteiger partial charge in [-0.15, -0.1) is 0 Å². The lowest BCUT2D eigenvalue weighted by Gasteiger charge is -2.30. The first-order valence-electron chi connectivity index (χ1n) is 11.9. The van der Waals surface area contributed by atoms with Crippen molar-refractivity contribution in [2.75, 3.05) is 13.1 Å². The second kappa shape index (κ2) is 10.4. The maximum Gasteiger partial charge on any atom is 0.243 e. The zero-order chi connectivity index (χ0) is 25.0. The van der Waals surface area contributed by atoms with Crippen LogP contribution in [-0.2, 0) is 21.2 Å².